The topological polar surface area (TPSA) is 61.1 Å². The molecule has 1 saturated heterocycles. The maximum atomic E-state index is 13.2. The molecule has 0 radical (unpaired) electrons. The largest absolute Gasteiger partial charge is 0.394 e. The summed E-state index contributed by atoms with van der Waals surface area (Å²) in [4.78, 5) is 22.5. The maximum Gasteiger partial charge on any atom is 0.272 e. The zero-order valence-corrected chi connectivity index (χ0v) is 16.7. The Morgan fingerprint density at radius 1 is 1.41 bits per heavy atom. The SMILES string of the molecule is CN(C)[C@@H]1C[C@@H](CO)N(C(=O)c2csc3nc(-c4ccccc4Cl)cn23)C1. The minimum atomic E-state index is -0.161. The van der Waals surface area contributed by atoms with Crippen LogP contribution in [0.2, 0.25) is 5.02 Å². The van der Waals surface area contributed by atoms with Crippen LogP contribution >= 0.6 is 22.9 Å². The molecule has 27 heavy (non-hydrogen) atoms. The second kappa shape index (κ2) is 7.24. The molecule has 1 aliphatic heterocycles. The minimum Gasteiger partial charge on any atom is -0.394 e. The molecule has 0 unspecified atom stereocenters. The second-order valence-corrected chi connectivity index (χ2v) is 8.27. The predicted octanol–water partition coefficient (Wildman–Crippen LogP) is 2.85. The molecule has 4 rings (SSSR count). The molecule has 0 aliphatic carbocycles. The third-order valence-corrected chi connectivity index (χ3v) is 6.34. The molecule has 1 aliphatic rings. The summed E-state index contributed by atoms with van der Waals surface area (Å²) in [7, 11) is 4.00. The highest BCUT2D eigenvalue weighted by molar-refractivity contribution is 7.15. The Labute approximate surface area is 166 Å². The van der Waals surface area contributed by atoms with Gasteiger partial charge < -0.3 is 14.9 Å². The number of likely N-dealkylation sites (N-methyl/N-ethyl adjacent to an activating group) is 1. The van der Waals surface area contributed by atoms with Crippen LogP contribution in [0.4, 0.5) is 0 Å². The Kier molecular flexibility index (Phi) is 4.94. The molecule has 0 spiro atoms. The molecule has 6 nitrogen and oxygen atoms in total. The number of aliphatic hydroxyl groups excluding tert-OH is 1. The van der Waals surface area contributed by atoms with Crippen molar-refractivity contribution in [2.45, 2.75) is 18.5 Å². The van der Waals surface area contributed by atoms with Crippen LogP contribution in [-0.2, 0) is 0 Å². The summed E-state index contributed by atoms with van der Waals surface area (Å²) >= 11 is 7.72. The van der Waals surface area contributed by atoms with Crippen molar-refractivity contribution in [3.63, 3.8) is 0 Å². The highest BCUT2D eigenvalue weighted by Crippen LogP contribution is 2.30. The van der Waals surface area contributed by atoms with Crippen molar-refractivity contribution in [2.75, 3.05) is 27.2 Å². The lowest BCUT2D eigenvalue weighted by Crippen LogP contribution is -2.39. The predicted molar refractivity (Wildman–Crippen MR) is 108 cm³/mol. The number of halogens is 1. The molecule has 3 heterocycles. The van der Waals surface area contributed by atoms with Gasteiger partial charge in [-0.3, -0.25) is 9.20 Å². The Bertz CT molecular complexity index is 983. The van der Waals surface area contributed by atoms with E-state index in [1.165, 1.54) is 11.3 Å². The number of aromatic nitrogens is 2. The monoisotopic (exact) mass is 404 g/mol. The Hall–Kier alpha value is -1.93. The highest BCUT2D eigenvalue weighted by Gasteiger charge is 2.37. The van der Waals surface area contributed by atoms with Gasteiger partial charge in [0.05, 0.1) is 23.4 Å². The van der Waals surface area contributed by atoms with Crippen molar-refractivity contribution >= 4 is 33.8 Å². The van der Waals surface area contributed by atoms with E-state index in [9.17, 15) is 9.90 Å². The number of imidazole rings is 1. The van der Waals surface area contributed by atoms with Gasteiger partial charge in [-0.2, -0.15) is 0 Å². The first kappa shape index (κ1) is 18.4. The number of rotatable bonds is 4. The van der Waals surface area contributed by atoms with E-state index in [4.69, 9.17) is 11.6 Å². The number of nitrogens with zero attached hydrogens (tertiary/aromatic N) is 4. The van der Waals surface area contributed by atoms with Gasteiger partial charge in [0.1, 0.15) is 5.69 Å². The van der Waals surface area contributed by atoms with Crippen molar-refractivity contribution in [3.8, 4) is 11.3 Å². The number of amides is 1. The normalized spacial score (nSPS) is 20.1. The van der Waals surface area contributed by atoms with Crippen LogP contribution in [0.1, 0.15) is 16.9 Å². The summed E-state index contributed by atoms with van der Waals surface area (Å²) < 4.78 is 1.82. The van der Waals surface area contributed by atoms with Gasteiger partial charge in [-0.1, -0.05) is 29.8 Å². The molecule has 1 fully saturated rings. The van der Waals surface area contributed by atoms with Gasteiger partial charge in [-0.25, -0.2) is 4.98 Å². The first-order valence-corrected chi connectivity index (χ1v) is 10.0. The van der Waals surface area contributed by atoms with E-state index in [-0.39, 0.29) is 24.6 Å². The summed E-state index contributed by atoms with van der Waals surface area (Å²) in [5.41, 5.74) is 2.15. The van der Waals surface area contributed by atoms with Gasteiger partial charge in [-0.15, -0.1) is 11.3 Å². The molecule has 3 aromatic rings. The molecule has 0 bridgehead atoms. The van der Waals surface area contributed by atoms with Crippen molar-refractivity contribution in [1.82, 2.24) is 19.2 Å². The number of hydrogen-bond acceptors (Lipinski definition) is 5. The number of thiazole rings is 1. The molecule has 1 aromatic carbocycles. The molecule has 142 valence electrons. The lowest BCUT2D eigenvalue weighted by Gasteiger charge is -2.23. The first-order valence-electron chi connectivity index (χ1n) is 8.79. The summed E-state index contributed by atoms with van der Waals surface area (Å²) in [5.74, 6) is -0.0761. The fourth-order valence-electron chi connectivity index (χ4n) is 3.57. The van der Waals surface area contributed by atoms with E-state index < -0.39 is 0 Å². The van der Waals surface area contributed by atoms with Crippen molar-refractivity contribution < 1.29 is 9.90 Å². The van der Waals surface area contributed by atoms with Gasteiger partial charge in [0, 0.05) is 29.7 Å². The zero-order valence-electron chi connectivity index (χ0n) is 15.2. The summed E-state index contributed by atoms with van der Waals surface area (Å²) in [6.07, 6.45) is 2.63. The van der Waals surface area contributed by atoms with E-state index >= 15 is 0 Å². The van der Waals surface area contributed by atoms with E-state index in [0.717, 1.165) is 22.6 Å². The molecule has 2 aromatic heterocycles. The van der Waals surface area contributed by atoms with Gasteiger partial charge in [0.25, 0.3) is 5.91 Å². The number of carbonyl (C=O) groups excluding carboxylic acids is 1. The molecular formula is C19H21ClN4O2S. The number of benzene rings is 1. The van der Waals surface area contributed by atoms with E-state index in [0.29, 0.717) is 17.3 Å². The quantitative estimate of drug-likeness (QED) is 0.726. The van der Waals surface area contributed by atoms with Crippen LogP contribution < -0.4 is 0 Å². The zero-order chi connectivity index (χ0) is 19.1. The maximum absolute atomic E-state index is 13.2. The van der Waals surface area contributed by atoms with Crippen LogP contribution in [0.15, 0.2) is 35.8 Å². The van der Waals surface area contributed by atoms with E-state index in [2.05, 4.69) is 9.88 Å². The number of aliphatic hydroxyl groups is 1. The van der Waals surface area contributed by atoms with Crippen molar-refractivity contribution in [1.29, 1.82) is 0 Å². The lowest BCUT2D eigenvalue weighted by molar-refractivity contribution is 0.0666. The lowest BCUT2D eigenvalue weighted by atomic mass is 10.1. The molecule has 8 heteroatoms. The second-order valence-electron chi connectivity index (χ2n) is 7.03. The molecule has 1 N–H and O–H groups in total. The molecule has 2 atom stereocenters. The van der Waals surface area contributed by atoms with Gasteiger partial charge >= 0.3 is 0 Å². The summed E-state index contributed by atoms with van der Waals surface area (Å²) in [6.45, 7) is 0.582. The Morgan fingerprint density at radius 3 is 2.89 bits per heavy atom. The van der Waals surface area contributed by atoms with E-state index in [1.54, 1.807) is 4.90 Å². The summed E-state index contributed by atoms with van der Waals surface area (Å²) in [6, 6.07) is 7.63. The van der Waals surface area contributed by atoms with E-state index in [1.807, 2.05) is 54.3 Å². The van der Waals surface area contributed by atoms with Crippen LogP contribution in [0, 0.1) is 0 Å². The van der Waals surface area contributed by atoms with Gasteiger partial charge in [0.15, 0.2) is 4.96 Å². The smallest absolute Gasteiger partial charge is 0.272 e. The molecule has 1 amide bonds. The fourth-order valence-corrected chi connectivity index (χ4v) is 4.65. The van der Waals surface area contributed by atoms with Crippen molar-refractivity contribution in [3.05, 3.63) is 46.6 Å². The molecule has 0 saturated carbocycles. The Balaban J connectivity index is 1.68. The van der Waals surface area contributed by atoms with Gasteiger partial charge in [-0.05, 0) is 26.6 Å². The highest BCUT2D eigenvalue weighted by atomic mass is 35.5. The third kappa shape index (κ3) is 3.25. The number of hydrogen-bond donors (Lipinski definition) is 1. The Morgan fingerprint density at radius 2 is 2.19 bits per heavy atom. The van der Waals surface area contributed by atoms with Crippen LogP contribution in [0.25, 0.3) is 16.2 Å². The van der Waals surface area contributed by atoms with Crippen molar-refractivity contribution in [2.24, 2.45) is 0 Å². The first-order chi connectivity index (χ1) is 13.0. The van der Waals surface area contributed by atoms with Crippen LogP contribution in [0.5, 0.6) is 0 Å². The average Bonchev–Trinajstić information content (AvgIpc) is 3.35. The average molecular weight is 405 g/mol. The summed E-state index contributed by atoms with van der Waals surface area (Å²) in [5, 5.41) is 12.2. The third-order valence-electron chi connectivity index (χ3n) is 5.17. The minimum absolute atomic E-state index is 0.0296. The fraction of sp³-hybridized carbons (Fsp3) is 0.368. The van der Waals surface area contributed by atoms with Crippen LogP contribution in [-0.4, -0.2) is 69.5 Å². The van der Waals surface area contributed by atoms with Crippen LogP contribution in [0.3, 0.4) is 0 Å². The number of fused-ring (bicyclic) bond motifs is 1. The van der Waals surface area contributed by atoms with Gasteiger partial charge in [0.2, 0.25) is 0 Å². The standard InChI is InChI=1S/C19H21ClN4O2S/c1-22(2)12-7-13(10-25)23(8-12)18(26)17-11-27-19-21-16(9-24(17)19)14-5-3-4-6-15(14)20/h3-6,9,11-13,25H,7-8,10H2,1-2H3/t12-,13+/m1/s1. The number of likely N-dealkylation sites (tertiary alicyclic amines) is 1. The molecular weight excluding hydrogens is 384 g/mol. The number of carbonyl (C=O) groups is 1.